The number of pyridine rings is 1. The van der Waals surface area contributed by atoms with Crippen LogP contribution in [0.4, 0.5) is 5.82 Å². The fourth-order valence-corrected chi connectivity index (χ4v) is 2.26. The third-order valence-corrected chi connectivity index (χ3v) is 4.56. The van der Waals surface area contributed by atoms with Crippen LogP contribution in [0.5, 0.6) is 0 Å². The maximum atomic E-state index is 11.6. The van der Waals surface area contributed by atoms with Gasteiger partial charge in [0.05, 0.1) is 11.3 Å². The second kappa shape index (κ2) is 6.27. The van der Waals surface area contributed by atoms with Crippen LogP contribution in [0, 0.1) is 6.92 Å². The summed E-state index contributed by atoms with van der Waals surface area (Å²) in [5.74, 6) is 0.494. The van der Waals surface area contributed by atoms with E-state index in [1.165, 1.54) is 18.4 Å². The number of thiocarbonyl (C=S) groups is 1. The smallest absolute Gasteiger partial charge is 0.215 e. The molecule has 0 spiro atoms. The topological polar surface area (TPSA) is 88.3 Å². The molecule has 0 fully saturated rings. The monoisotopic (exact) mass is 302 g/mol. The molecule has 0 aliphatic carbocycles. The summed E-state index contributed by atoms with van der Waals surface area (Å²) in [6.07, 6.45) is 0. The van der Waals surface area contributed by atoms with E-state index < -0.39 is 10.0 Å². The van der Waals surface area contributed by atoms with Crippen molar-refractivity contribution in [1.82, 2.24) is 9.29 Å². The number of anilines is 1. The predicted octanol–water partition coefficient (Wildman–Crippen LogP) is 0.328. The summed E-state index contributed by atoms with van der Waals surface area (Å²) in [6.45, 7) is 2.08. The Morgan fingerprint density at radius 1 is 1.47 bits per heavy atom. The molecule has 0 atom stereocenters. The highest BCUT2D eigenvalue weighted by atomic mass is 32.2. The highest BCUT2D eigenvalue weighted by molar-refractivity contribution is 7.89. The van der Waals surface area contributed by atoms with E-state index in [4.69, 9.17) is 18.0 Å². The van der Waals surface area contributed by atoms with Crippen LogP contribution < -0.4 is 11.1 Å². The van der Waals surface area contributed by atoms with E-state index in [1.54, 1.807) is 12.1 Å². The molecule has 19 heavy (non-hydrogen) atoms. The minimum atomic E-state index is -3.23. The quantitative estimate of drug-likeness (QED) is 0.736. The molecule has 6 nitrogen and oxygen atoms in total. The maximum Gasteiger partial charge on any atom is 0.215 e. The molecule has 0 bridgehead atoms. The van der Waals surface area contributed by atoms with E-state index in [9.17, 15) is 8.42 Å². The highest BCUT2D eigenvalue weighted by Gasteiger charge is 2.14. The first-order chi connectivity index (χ1) is 8.74. The lowest BCUT2D eigenvalue weighted by Gasteiger charge is -2.13. The molecular formula is C11H18N4O2S2. The third kappa shape index (κ3) is 4.41. The fraction of sp³-hybridized carbons (Fsp3) is 0.455. The molecule has 1 aromatic rings. The molecule has 0 saturated heterocycles. The van der Waals surface area contributed by atoms with E-state index in [0.717, 1.165) is 5.69 Å². The SMILES string of the molecule is Cc1ccc(C(N)=S)c(NCCS(=O)(=O)N(C)C)n1. The van der Waals surface area contributed by atoms with Gasteiger partial charge in [0.25, 0.3) is 0 Å². The molecule has 3 N–H and O–H groups in total. The Hall–Kier alpha value is -1.25. The largest absolute Gasteiger partial charge is 0.389 e. The molecule has 106 valence electrons. The lowest BCUT2D eigenvalue weighted by atomic mass is 10.2. The van der Waals surface area contributed by atoms with Crippen LogP contribution in [-0.2, 0) is 10.0 Å². The molecule has 8 heteroatoms. The fourth-order valence-electron chi connectivity index (χ4n) is 1.37. The molecule has 1 heterocycles. The summed E-state index contributed by atoms with van der Waals surface area (Å²) in [5, 5.41) is 2.96. The number of hydrogen-bond acceptors (Lipinski definition) is 5. The second-order valence-electron chi connectivity index (χ2n) is 4.24. The van der Waals surface area contributed by atoms with Crippen LogP contribution in [0.3, 0.4) is 0 Å². The van der Waals surface area contributed by atoms with E-state index in [0.29, 0.717) is 11.4 Å². The van der Waals surface area contributed by atoms with Crippen molar-refractivity contribution in [3.8, 4) is 0 Å². The molecule has 0 aromatic carbocycles. The summed E-state index contributed by atoms with van der Waals surface area (Å²) in [4.78, 5) is 4.50. The minimum Gasteiger partial charge on any atom is -0.389 e. The average Bonchev–Trinajstić information content (AvgIpc) is 2.28. The summed E-state index contributed by atoms with van der Waals surface area (Å²) in [7, 11) is -0.231. The van der Waals surface area contributed by atoms with Gasteiger partial charge < -0.3 is 11.1 Å². The molecule has 0 unspecified atom stereocenters. The lowest BCUT2D eigenvalue weighted by molar-refractivity contribution is 0.521. The summed E-state index contributed by atoms with van der Waals surface area (Å²) in [6, 6.07) is 3.57. The van der Waals surface area contributed by atoms with Gasteiger partial charge in [0, 0.05) is 26.3 Å². The van der Waals surface area contributed by atoms with Crippen molar-refractivity contribution in [2.24, 2.45) is 5.73 Å². The Labute approximate surface area is 119 Å². The average molecular weight is 302 g/mol. The molecule has 1 rings (SSSR count). The summed E-state index contributed by atoms with van der Waals surface area (Å²) in [5.41, 5.74) is 7.01. The van der Waals surface area contributed by atoms with Gasteiger partial charge in [-0.3, -0.25) is 0 Å². The van der Waals surface area contributed by atoms with E-state index in [2.05, 4.69) is 10.3 Å². The first kappa shape index (κ1) is 15.8. The zero-order valence-corrected chi connectivity index (χ0v) is 12.8. The van der Waals surface area contributed by atoms with Crippen LogP contribution in [-0.4, -0.2) is 49.1 Å². The number of aryl methyl sites for hydroxylation is 1. The van der Waals surface area contributed by atoms with Gasteiger partial charge in [-0.1, -0.05) is 12.2 Å². The minimum absolute atomic E-state index is 0.0214. The van der Waals surface area contributed by atoms with Gasteiger partial charge in [-0.15, -0.1) is 0 Å². The van der Waals surface area contributed by atoms with Gasteiger partial charge in [-0.25, -0.2) is 17.7 Å². The normalized spacial score (nSPS) is 11.6. The van der Waals surface area contributed by atoms with Crippen molar-refractivity contribution in [1.29, 1.82) is 0 Å². The summed E-state index contributed by atoms with van der Waals surface area (Å²) < 4.78 is 24.4. The number of nitrogens with two attached hydrogens (primary N) is 1. The van der Waals surface area contributed by atoms with Crippen LogP contribution in [0.1, 0.15) is 11.3 Å². The molecule has 0 saturated carbocycles. The number of nitrogens with one attached hydrogen (secondary N) is 1. The highest BCUT2D eigenvalue weighted by Crippen LogP contribution is 2.13. The second-order valence-corrected chi connectivity index (χ2v) is 6.98. The van der Waals surface area contributed by atoms with Gasteiger partial charge in [-0.05, 0) is 19.1 Å². The predicted molar refractivity (Wildman–Crippen MR) is 80.8 cm³/mol. The van der Waals surface area contributed by atoms with E-state index in [1.807, 2.05) is 6.92 Å². The first-order valence-corrected chi connectivity index (χ1v) is 7.67. The van der Waals surface area contributed by atoms with Crippen LogP contribution in [0.15, 0.2) is 12.1 Å². The van der Waals surface area contributed by atoms with Crippen molar-refractivity contribution < 1.29 is 8.42 Å². The van der Waals surface area contributed by atoms with Gasteiger partial charge in [0.15, 0.2) is 0 Å². The van der Waals surface area contributed by atoms with Crippen LogP contribution >= 0.6 is 12.2 Å². The van der Waals surface area contributed by atoms with Gasteiger partial charge in [0.1, 0.15) is 10.8 Å². The first-order valence-electron chi connectivity index (χ1n) is 5.65. The number of rotatable bonds is 6. The maximum absolute atomic E-state index is 11.6. The van der Waals surface area contributed by atoms with Crippen molar-refractivity contribution in [3.63, 3.8) is 0 Å². The molecular weight excluding hydrogens is 284 g/mol. The zero-order chi connectivity index (χ0) is 14.6. The van der Waals surface area contributed by atoms with E-state index >= 15 is 0 Å². The van der Waals surface area contributed by atoms with E-state index in [-0.39, 0.29) is 17.3 Å². The lowest BCUT2D eigenvalue weighted by Crippen LogP contribution is -2.29. The van der Waals surface area contributed by atoms with Gasteiger partial charge in [-0.2, -0.15) is 0 Å². The van der Waals surface area contributed by atoms with Gasteiger partial charge in [0.2, 0.25) is 10.0 Å². The Bertz CT molecular complexity index is 570. The number of aromatic nitrogens is 1. The Morgan fingerprint density at radius 3 is 2.63 bits per heavy atom. The zero-order valence-electron chi connectivity index (χ0n) is 11.2. The molecule has 0 aliphatic heterocycles. The van der Waals surface area contributed by atoms with Crippen molar-refractivity contribution in [3.05, 3.63) is 23.4 Å². The molecule has 1 aromatic heterocycles. The van der Waals surface area contributed by atoms with Crippen molar-refractivity contribution >= 4 is 33.0 Å². The molecule has 0 amide bonds. The Morgan fingerprint density at radius 2 is 2.11 bits per heavy atom. The van der Waals surface area contributed by atoms with Crippen molar-refractivity contribution in [2.75, 3.05) is 31.7 Å². The van der Waals surface area contributed by atoms with Crippen LogP contribution in [0.25, 0.3) is 0 Å². The number of nitrogens with zero attached hydrogens (tertiary/aromatic N) is 2. The van der Waals surface area contributed by atoms with Crippen molar-refractivity contribution in [2.45, 2.75) is 6.92 Å². The Balaban J connectivity index is 2.78. The Kier molecular flexibility index (Phi) is 5.21. The molecule has 0 aliphatic rings. The third-order valence-electron chi connectivity index (χ3n) is 2.51. The van der Waals surface area contributed by atoms with Crippen LogP contribution in [0.2, 0.25) is 0 Å². The number of sulfonamides is 1. The molecule has 0 radical (unpaired) electrons. The standard InChI is InChI=1S/C11H18N4O2S2/c1-8-4-5-9(10(12)18)11(14-8)13-6-7-19(16,17)15(2)3/h4-5H,6-7H2,1-3H3,(H2,12,18)(H,13,14). The summed E-state index contributed by atoms with van der Waals surface area (Å²) >= 11 is 4.93. The van der Waals surface area contributed by atoms with Gasteiger partial charge >= 0.3 is 0 Å². The number of hydrogen-bond donors (Lipinski definition) is 2.